The molecule has 1 rings (SSSR count). The zero-order chi connectivity index (χ0) is 10.4. The lowest BCUT2D eigenvalue weighted by Crippen LogP contribution is -3.59. The molecular formula is C11H12BrIO2. The number of ether oxygens (including phenoxy) is 1. The fourth-order valence-corrected chi connectivity index (χ4v) is 2.63. The number of rotatable bonds is 3. The molecule has 0 N–H and O–H groups in total. The number of esters is 1. The first kappa shape index (κ1) is 14.6. The molecule has 0 spiro atoms. The highest BCUT2D eigenvalue weighted by molar-refractivity contribution is 5.67. The van der Waals surface area contributed by atoms with Crippen molar-refractivity contribution in [2.24, 2.45) is 0 Å². The molecule has 82 valence electrons. The number of carbonyl (C=O) groups is 1. The fourth-order valence-electron chi connectivity index (χ4n) is 0.876. The molecule has 0 unspecified atom stereocenters. The van der Waals surface area contributed by atoms with Gasteiger partial charge >= 0.3 is 27.2 Å². The highest BCUT2D eigenvalue weighted by atomic mass is 127. The van der Waals surface area contributed by atoms with Crippen molar-refractivity contribution in [1.82, 2.24) is 0 Å². The molecule has 0 bridgehead atoms. The predicted octanol–water partition coefficient (Wildman–Crippen LogP) is -3.63. The summed E-state index contributed by atoms with van der Waals surface area (Å²) in [5.74, 6) is 0.449. The van der Waals surface area contributed by atoms with Crippen LogP contribution in [-0.4, -0.2) is 5.97 Å². The van der Waals surface area contributed by atoms with Crippen LogP contribution in [0.5, 0.6) is 0 Å². The van der Waals surface area contributed by atoms with Gasteiger partial charge in [0.2, 0.25) is 0 Å². The maximum atomic E-state index is 10.6. The number of carbonyl (C=O) groups excluding carboxylic acids is 1. The second-order valence-electron chi connectivity index (χ2n) is 2.72. The molecule has 0 radical (unpaired) electrons. The normalized spacial score (nSPS) is 10.4. The Morgan fingerprint density at radius 3 is 2.40 bits per heavy atom. The quantitative estimate of drug-likeness (QED) is 0.306. The Hall–Kier alpha value is -0.360. The first-order chi connectivity index (χ1) is 6.68. The van der Waals surface area contributed by atoms with E-state index in [0.29, 0.717) is 5.76 Å². The third-order valence-corrected chi connectivity index (χ3v) is 4.00. The summed E-state index contributed by atoms with van der Waals surface area (Å²) in [6.07, 6.45) is 0. The third-order valence-electron chi connectivity index (χ3n) is 1.37. The van der Waals surface area contributed by atoms with Crippen LogP contribution in [0.3, 0.4) is 0 Å². The number of hydrogen-bond donors (Lipinski definition) is 0. The average molecular weight is 383 g/mol. The lowest BCUT2D eigenvalue weighted by Gasteiger charge is -1.94. The highest BCUT2D eigenvalue weighted by Gasteiger charge is 2.08. The van der Waals surface area contributed by atoms with Gasteiger partial charge in [-0.3, -0.25) is 4.79 Å². The van der Waals surface area contributed by atoms with Gasteiger partial charge in [-0.1, -0.05) is 18.2 Å². The minimum absolute atomic E-state index is 0. The summed E-state index contributed by atoms with van der Waals surface area (Å²) >= 11 is -0.185. The Morgan fingerprint density at radius 1 is 1.27 bits per heavy atom. The number of hydrogen-bond acceptors (Lipinski definition) is 2. The second kappa shape index (κ2) is 7.87. The van der Waals surface area contributed by atoms with Crippen LogP contribution < -0.4 is 38.2 Å². The molecule has 0 aliphatic carbocycles. The van der Waals surface area contributed by atoms with Crippen LogP contribution in [0.1, 0.15) is 13.8 Å². The molecule has 1 aromatic carbocycles. The van der Waals surface area contributed by atoms with E-state index in [1.54, 1.807) is 0 Å². The van der Waals surface area contributed by atoms with E-state index in [1.807, 2.05) is 29.2 Å². The zero-order valence-corrected chi connectivity index (χ0v) is 12.3. The number of benzene rings is 1. The molecule has 0 aliphatic heterocycles. The third kappa shape index (κ3) is 6.67. The lowest BCUT2D eigenvalue weighted by molar-refractivity contribution is -0.558. The van der Waals surface area contributed by atoms with E-state index in [9.17, 15) is 4.79 Å². The maximum absolute atomic E-state index is 10.6. The van der Waals surface area contributed by atoms with Crippen LogP contribution in [0, 0.1) is 3.57 Å². The summed E-state index contributed by atoms with van der Waals surface area (Å²) in [5.41, 5.74) is 0. The standard InChI is InChI=1S/C11H12IO2.BrH/c1-9(14-10(2)13)8-12-11-6-4-3-5-7-11;/h3-8H,1-2H3;1H/q+1;/p-1/b9-8-;. The fraction of sp³-hybridized carbons (Fsp3) is 0.182. The van der Waals surface area contributed by atoms with Gasteiger partial charge in [0, 0.05) is 6.92 Å². The molecular weight excluding hydrogens is 371 g/mol. The number of halogens is 2. The summed E-state index contributed by atoms with van der Waals surface area (Å²) in [6, 6.07) is 10.2. The Labute approximate surface area is 111 Å². The van der Waals surface area contributed by atoms with E-state index in [2.05, 4.69) is 12.1 Å². The largest absolute Gasteiger partial charge is 1.00 e. The Balaban J connectivity index is 0.00000196. The van der Waals surface area contributed by atoms with Crippen molar-refractivity contribution in [3.8, 4) is 0 Å². The molecule has 0 aromatic heterocycles. The van der Waals surface area contributed by atoms with E-state index in [1.165, 1.54) is 10.5 Å². The van der Waals surface area contributed by atoms with Crippen molar-refractivity contribution < 1.29 is 47.7 Å². The van der Waals surface area contributed by atoms with Crippen LogP contribution in [-0.2, 0) is 9.53 Å². The molecule has 4 heteroatoms. The first-order valence-electron chi connectivity index (χ1n) is 4.22. The molecule has 2 nitrogen and oxygen atoms in total. The minimum Gasteiger partial charge on any atom is -1.00 e. The topological polar surface area (TPSA) is 26.3 Å². The molecule has 1 aromatic rings. The van der Waals surface area contributed by atoms with Gasteiger partial charge in [0.1, 0.15) is 0 Å². The van der Waals surface area contributed by atoms with Gasteiger partial charge in [0.25, 0.3) is 0 Å². The average Bonchev–Trinajstić information content (AvgIpc) is 2.15. The van der Waals surface area contributed by atoms with E-state index >= 15 is 0 Å². The van der Waals surface area contributed by atoms with Crippen molar-refractivity contribution in [2.45, 2.75) is 13.8 Å². The molecule has 0 saturated heterocycles. The van der Waals surface area contributed by atoms with Crippen molar-refractivity contribution in [3.05, 3.63) is 43.7 Å². The Bertz CT molecular complexity index is 336. The predicted molar refractivity (Wildman–Crippen MR) is 50.7 cm³/mol. The van der Waals surface area contributed by atoms with Crippen molar-refractivity contribution >= 4 is 5.97 Å². The van der Waals surface area contributed by atoms with E-state index in [0.717, 1.165) is 0 Å². The molecule has 0 saturated carbocycles. The summed E-state index contributed by atoms with van der Waals surface area (Å²) in [5, 5.41) is 0. The molecule has 0 heterocycles. The van der Waals surface area contributed by atoms with E-state index in [4.69, 9.17) is 4.74 Å². The molecule has 0 fully saturated rings. The first-order valence-corrected chi connectivity index (χ1v) is 6.54. The van der Waals surface area contributed by atoms with Crippen LogP contribution >= 0.6 is 0 Å². The van der Waals surface area contributed by atoms with Crippen molar-refractivity contribution in [3.63, 3.8) is 0 Å². The van der Waals surface area contributed by atoms with Gasteiger partial charge in [-0.2, -0.15) is 0 Å². The van der Waals surface area contributed by atoms with Gasteiger partial charge in [-0.25, -0.2) is 0 Å². The molecule has 0 atom stereocenters. The van der Waals surface area contributed by atoms with Crippen molar-refractivity contribution in [2.75, 3.05) is 0 Å². The van der Waals surface area contributed by atoms with Gasteiger partial charge in [0.15, 0.2) is 13.4 Å². The highest BCUT2D eigenvalue weighted by Crippen LogP contribution is 1.90. The van der Waals surface area contributed by atoms with Gasteiger partial charge in [0.05, 0.1) is 0 Å². The minimum atomic E-state index is -0.254. The zero-order valence-electron chi connectivity index (χ0n) is 8.54. The monoisotopic (exact) mass is 382 g/mol. The molecule has 0 aliphatic rings. The van der Waals surface area contributed by atoms with Crippen molar-refractivity contribution in [1.29, 1.82) is 0 Å². The Morgan fingerprint density at radius 2 is 1.87 bits per heavy atom. The summed E-state index contributed by atoms with van der Waals surface area (Å²) in [7, 11) is 0. The SMILES string of the molecule is CC(=O)O/C(C)=C\[I+]c1ccccc1.[Br-]. The van der Waals surface area contributed by atoms with Crippen LogP contribution in [0.2, 0.25) is 0 Å². The maximum Gasteiger partial charge on any atom is 0.353 e. The van der Waals surface area contributed by atoms with Gasteiger partial charge < -0.3 is 21.7 Å². The summed E-state index contributed by atoms with van der Waals surface area (Å²) in [4.78, 5) is 10.6. The van der Waals surface area contributed by atoms with Gasteiger partial charge in [-0.05, 0) is 19.1 Å². The molecule has 0 amide bonds. The Kier molecular flexibility index (Phi) is 7.68. The van der Waals surface area contributed by atoms with E-state index in [-0.39, 0.29) is 44.2 Å². The molecule has 15 heavy (non-hydrogen) atoms. The van der Waals surface area contributed by atoms with Crippen LogP contribution in [0.4, 0.5) is 0 Å². The second-order valence-corrected chi connectivity index (χ2v) is 5.21. The van der Waals surface area contributed by atoms with Crippen LogP contribution in [0.15, 0.2) is 40.2 Å². The number of allylic oxidation sites excluding steroid dienone is 1. The van der Waals surface area contributed by atoms with Gasteiger partial charge in [-0.15, -0.1) is 0 Å². The van der Waals surface area contributed by atoms with E-state index < -0.39 is 0 Å². The van der Waals surface area contributed by atoms with Crippen LogP contribution in [0.25, 0.3) is 0 Å². The summed E-state index contributed by atoms with van der Waals surface area (Å²) < 4.78 is 8.25. The summed E-state index contributed by atoms with van der Waals surface area (Å²) in [6.45, 7) is 3.22. The smallest absolute Gasteiger partial charge is 0.353 e. The lowest BCUT2D eigenvalue weighted by atomic mass is 10.4.